The summed E-state index contributed by atoms with van der Waals surface area (Å²) in [5.74, 6) is -1.32. The van der Waals surface area contributed by atoms with E-state index in [1.807, 2.05) is 0 Å². The summed E-state index contributed by atoms with van der Waals surface area (Å²) >= 11 is 5.62. The molecule has 1 aromatic rings. The van der Waals surface area contributed by atoms with E-state index >= 15 is 0 Å². The van der Waals surface area contributed by atoms with Gasteiger partial charge in [0.25, 0.3) is 0 Å². The fourth-order valence-corrected chi connectivity index (χ4v) is 1.84. The lowest BCUT2D eigenvalue weighted by molar-refractivity contribution is -0.151. The summed E-state index contributed by atoms with van der Waals surface area (Å²) in [6.45, 7) is 0. The van der Waals surface area contributed by atoms with Gasteiger partial charge in [-0.15, -0.1) is 0 Å². The minimum absolute atomic E-state index is 0.0574. The topological polar surface area (TPSA) is 49.3 Å². The highest BCUT2D eigenvalue weighted by molar-refractivity contribution is 6.31. The van der Waals surface area contributed by atoms with Crippen molar-refractivity contribution in [1.29, 1.82) is 0 Å². The molecule has 0 radical (unpaired) electrons. The third-order valence-corrected chi connectivity index (χ3v) is 3.11. The molecule has 3 nitrogen and oxygen atoms in total. The van der Waals surface area contributed by atoms with Crippen LogP contribution in [-0.2, 0) is 0 Å². The Balaban J connectivity index is 2.33. The molecule has 2 N–H and O–H groups in total. The zero-order chi connectivity index (χ0) is 13.6. The zero-order valence-electron chi connectivity index (χ0n) is 9.01. The third-order valence-electron chi connectivity index (χ3n) is 2.88. The number of hydrogen-bond donors (Lipinski definition) is 2. The lowest BCUT2D eigenvalue weighted by Gasteiger charge is -2.22. The number of benzene rings is 1. The predicted molar refractivity (Wildman–Crippen MR) is 60.1 cm³/mol. The van der Waals surface area contributed by atoms with Gasteiger partial charge in [0.05, 0.1) is 5.56 Å². The Kier molecular flexibility index (Phi) is 2.93. The molecule has 18 heavy (non-hydrogen) atoms. The lowest BCUT2D eigenvalue weighted by Crippen LogP contribution is -2.39. The number of rotatable bonds is 3. The summed E-state index contributed by atoms with van der Waals surface area (Å²) in [6.07, 6.45) is -4.52. The molecule has 0 atom stereocenters. The molecule has 0 heterocycles. The maximum absolute atomic E-state index is 12.8. The number of anilines is 1. The molecule has 98 valence electrons. The van der Waals surface area contributed by atoms with Crippen molar-refractivity contribution >= 4 is 23.3 Å². The van der Waals surface area contributed by atoms with Crippen LogP contribution in [0.25, 0.3) is 0 Å². The molecule has 1 aliphatic carbocycles. The van der Waals surface area contributed by atoms with Crippen molar-refractivity contribution in [2.75, 3.05) is 5.32 Å². The van der Waals surface area contributed by atoms with Crippen LogP contribution >= 0.6 is 11.6 Å². The van der Waals surface area contributed by atoms with Crippen molar-refractivity contribution in [3.63, 3.8) is 0 Å². The molecule has 2 rings (SSSR count). The molecule has 1 saturated carbocycles. The van der Waals surface area contributed by atoms with Gasteiger partial charge < -0.3 is 10.4 Å². The number of halogens is 4. The van der Waals surface area contributed by atoms with Crippen LogP contribution in [-0.4, -0.2) is 22.8 Å². The zero-order valence-corrected chi connectivity index (χ0v) is 9.77. The number of nitrogens with one attached hydrogen (secondary N) is 1. The molecule has 0 bridgehead atoms. The van der Waals surface area contributed by atoms with Gasteiger partial charge in [0.15, 0.2) is 0 Å². The highest BCUT2D eigenvalue weighted by atomic mass is 35.5. The molecule has 1 aliphatic rings. The second-order valence-electron chi connectivity index (χ2n) is 4.20. The maximum atomic E-state index is 12.8. The van der Waals surface area contributed by atoms with Crippen molar-refractivity contribution in [1.82, 2.24) is 0 Å². The fourth-order valence-electron chi connectivity index (χ4n) is 1.66. The number of carboxylic acids is 1. The minimum atomic E-state index is -4.40. The Morgan fingerprint density at radius 2 is 2.00 bits per heavy atom. The smallest absolute Gasteiger partial charge is 0.411 e. The molecular weight excluding hydrogens is 271 g/mol. The Hall–Kier alpha value is -1.43. The second kappa shape index (κ2) is 4.05. The van der Waals surface area contributed by atoms with E-state index in [1.54, 1.807) is 0 Å². The van der Waals surface area contributed by atoms with Crippen molar-refractivity contribution in [3.8, 4) is 0 Å². The number of alkyl halides is 3. The summed E-state index contributed by atoms with van der Waals surface area (Å²) in [6, 6.07) is 3.72. The van der Waals surface area contributed by atoms with E-state index in [9.17, 15) is 18.0 Å². The average Bonchev–Trinajstić information content (AvgIpc) is 3.00. The van der Waals surface area contributed by atoms with Crippen LogP contribution in [0.5, 0.6) is 0 Å². The summed E-state index contributed by atoms with van der Waals surface area (Å²) in [5, 5.41) is 11.4. The van der Waals surface area contributed by atoms with Gasteiger partial charge >= 0.3 is 12.1 Å². The molecule has 0 saturated heterocycles. The van der Waals surface area contributed by atoms with Crippen molar-refractivity contribution < 1.29 is 23.1 Å². The molecule has 1 fully saturated rings. The van der Waals surface area contributed by atoms with Crippen LogP contribution in [0, 0.1) is 0 Å². The van der Waals surface area contributed by atoms with Gasteiger partial charge in [-0.1, -0.05) is 11.6 Å². The van der Waals surface area contributed by atoms with Crippen LogP contribution in [0.3, 0.4) is 0 Å². The minimum Gasteiger partial charge on any atom is -0.478 e. The summed E-state index contributed by atoms with van der Waals surface area (Å²) in [5.41, 5.74) is -2.33. The van der Waals surface area contributed by atoms with E-state index in [2.05, 4.69) is 5.32 Å². The Bertz CT molecular complexity index is 498. The number of carboxylic acid groups (broad SMARTS) is 1. The number of hydrogen-bond acceptors (Lipinski definition) is 2. The largest absolute Gasteiger partial charge is 0.478 e. The molecule has 7 heteroatoms. The SMILES string of the molecule is O=C(O)c1cc(Cl)ccc1NC1(C(F)(F)F)CC1. The van der Waals surface area contributed by atoms with E-state index in [1.165, 1.54) is 12.1 Å². The van der Waals surface area contributed by atoms with Gasteiger partial charge in [-0.2, -0.15) is 13.2 Å². The monoisotopic (exact) mass is 279 g/mol. The molecule has 0 amide bonds. The second-order valence-corrected chi connectivity index (χ2v) is 4.64. The predicted octanol–water partition coefficient (Wildman–Crippen LogP) is 3.55. The van der Waals surface area contributed by atoms with Crippen LogP contribution in [0.4, 0.5) is 18.9 Å². The van der Waals surface area contributed by atoms with Crippen LogP contribution in [0.15, 0.2) is 18.2 Å². The first kappa shape index (κ1) is 13.0. The van der Waals surface area contributed by atoms with Crippen LogP contribution in [0.2, 0.25) is 5.02 Å². The first-order valence-corrected chi connectivity index (χ1v) is 5.51. The Labute approximate surface area is 106 Å². The molecule has 0 unspecified atom stereocenters. The van der Waals surface area contributed by atoms with Gasteiger partial charge in [-0.05, 0) is 31.0 Å². The van der Waals surface area contributed by atoms with Gasteiger partial charge in [0.2, 0.25) is 0 Å². The third kappa shape index (κ3) is 2.25. The first-order chi connectivity index (χ1) is 8.25. The molecule has 1 aromatic carbocycles. The van der Waals surface area contributed by atoms with E-state index in [4.69, 9.17) is 16.7 Å². The first-order valence-electron chi connectivity index (χ1n) is 5.13. The van der Waals surface area contributed by atoms with E-state index in [0.717, 1.165) is 6.07 Å². The lowest BCUT2D eigenvalue weighted by atomic mass is 10.1. The standard InChI is InChI=1S/C11H9ClF3NO2/c12-6-1-2-8(7(5-6)9(17)18)16-10(3-4-10)11(13,14)15/h1-2,5,16H,3-4H2,(H,17,18). The van der Waals surface area contributed by atoms with Crippen molar-refractivity contribution in [3.05, 3.63) is 28.8 Å². The van der Waals surface area contributed by atoms with Crippen molar-refractivity contribution in [2.45, 2.75) is 24.6 Å². The summed E-state index contributed by atoms with van der Waals surface area (Å²) < 4.78 is 38.3. The van der Waals surface area contributed by atoms with Gasteiger partial charge in [0, 0.05) is 10.7 Å². The molecular formula is C11H9ClF3NO2. The Morgan fingerprint density at radius 1 is 1.39 bits per heavy atom. The van der Waals surface area contributed by atoms with Gasteiger partial charge in [-0.3, -0.25) is 0 Å². The normalized spacial score (nSPS) is 17.3. The number of carbonyl (C=O) groups is 1. The highest BCUT2D eigenvalue weighted by Crippen LogP contribution is 2.51. The van der Waals surface area contributed by atoms with E-state index in [-0.39, 0.29) is 29.1 Å². The van der Waals surface area contributed by atoms with Crippen LogP contribution in [0.1, 0.15) is 23.2 Å². The number of aromatic carboxylic acids is 1. The average molecular weight is 280 g/mol. The summed E-state index contributed by atoms with van der Waals surface area (Å²) in [7, 11) is 0. The highest BCUT2D eigenvalue weighted by Gasteiger charge is 2.63. The quantitative estimate of drug-likeness (QED) is 0.890. The van der Waals surface area contributed by atoms with Gasteiger partial charge in [-0.25, -0.2) is 4.79 Å². The fraction of sp³-hybridized carbons (Fsp3) is 0.364. The molecule has 0 aromatic heterocycles. The van der Waals surface area contributed by atoms with E-state index < -0.39 is 17.7 Å². The van der Waals surface area contributed by atoms with Crippen molar-refractivity contribution in [2.24, 2.45) is 0 Å². The Morgan fingerprint density at radius 3 is 2.44 bits per heavy atom. The molecule has 0 spiro atoms. The van der Waals surface area contributed by atoms with Crippen LogP contribution < -0.4 is 5.32 Å². The van der Waals surface area contributed by atoms with Gasteiger partial charge in [0.1, 0.15) is 5.54 Å². The maximum Gasteiger partial charge on any atom is 0.411 e. The molecule has 0 aliphatic heterocycles. The van der Waals surface area contributed by atoms with E-state index in [0.29, 0.717) is 0 Å². The summed E-state index contributed by atoms with van der Waals surface area (Å²) in [4.78, 5) is 11.0.